The number of aliphatic hydroxyl groups excluding tert-OH is 1. The van der Waals surface area contributed by atoms with Gasteiger partial charge in [-0.3, -0.25) is 4.79 Å². The molecule has 2 unspecified atom stereocenters. The van der Waals surface area contributed by atoms with Gasteiger partial charge in [0.05, 0.1) is 11.7 Å². The monoisotopic (exact) mass is 299 g/mol. The van der Waals surface area contributed by atoms with Crippen molar-refractivity contribution >= 4 is 5.91 Å². The van der Waals surface area contributed by atoms with Gasteiger partial charge in [-0.2, -0.15) is 8.78 Å². The van der Waals surface area contributed by atoms with Gasteiger partial charge in [0.15, 0.2) is 0 Å². The van der Waals surface area contributed by atoms with Gasteiger partial charge in [-0.05, 0) is 31.9 Å². The maximum absolute atomic E-state index is 12.5. The lowest BCUT2D eigenvalue weighted by atomic mass is 9.93. The van der Waals surface area contributed by atoms with E-state index in [0.717, 1.165) is 12.8 Å². The fourth-order valence-electron chi connectivity index (χ4n) is 2.60. The van der Waals surface area contributed by atoms with Crippen LogP contribution in [0.25, 0.3) is 0 Å². The molecule has 1 amide bonds. The molecule has 0 radical (unpaired) electrons. The Labute approximate surface area is 122 Å². The second-order valence-electron chi connectivity index (χ2n) is 5.27. The second kappa shape index (κ2) is 6.85. The van der Waals surface area contributed by atoms with Gasteiger partial charge in [-0.1, -0.05) is 12.1 Å². The van der Waals surface area contributed by atoms with Crippen molar-refractivity contribution in [3.63, 3.8) is 0 Å². The largest absolute Gasteiger partial charge is 0.434 e. The van der Waals surface area contributed by atoms with Crippen LogP contribution in [0.5, 0.6) is 5.75 Å². The minimum atomic E-state index is -2.97. The number of alkyl halides is 2. The predicted molar refractivity (Wildman–Crippen MR) is 73.4 cm³/mol. The van der Waals surface area contributed by atoms with Crippen molar-refractivity contribution < 1.29 is 23.4 Å². The van der Waals surface area contributed by atoms with Crippen molar-refractivity contribution in [1.29, 1.82) is 0 Å². The highest BCUT2D eigenvalue weighted by Gasteiger charge is 2.28. The minimum Gasteiger partial charge on any atom is -0.434 e. The third-order valence-corrected chi connectivity index (χ3v) is 3.76. The summed E-state index contributed by atoms with van der Waals surface area (Å²) < 4.78 is 29.2. The number of para-hydroxylation sites is 1. The Kier molecular flexibility index (Phi) is 5.12. The van der Waals surface area contributed by atoms with Gasteiger partial charge in [-0.15, -0.1) is 0 Å². The SMILES string of the molecule is CC(O)C1CCCN(C(=O)c2ccccc2OC(F)F)C1. The van der Waals surface area contributed by atoms with Crippen LogP contribution in [-0.4, -0.2) is 41.7 Å². The van der Waals surface area contributed by atoms with Gasteiger partial charge in [0.1, 0.15) is 5.75 Å². The van der Waals surface area contributed by atoms with E-state index in [1.54, 1.807) is 24.0 Å². The first-order valence-electron chi connectivity index (χ1n) is 7.00. The van der Waals surface area contributed by atoms with Crippen molar-refractivity contribution in [3.05, 3.63) is 29.8 Å². The molecule has 4 nitrogen and oxygen atoms in total. The third-order valence-electron chi connectivity index (χ3n) is 3.76. The summed E-state index contributed by atoms with van der Waals surface area (Å²) in [5.41, 5.74) is 0.129. The van der Waals surface area contributed by atoms with E-state index in [9.17, 15) is 18.7 Å². The van der Waals surface area contributed by atoms with Crippen molar-refractivity contribution in [2.24, 2.45) is 5.92 Å². The first-order chi connectivity index (χ1) is 9.99. The third kappa shape index (κ3) is 3.91. The molecule has 1 aliphatic rings. The highest BCUT2D eigenvalue weighted by Crippen LogP contribution is 2.25. The summed E-state index contributed by atoms with van der Waals surface area (Å²) in [6, 6.07) is 5.99. The fraction of sp³-hybridized carbons (Fsp3) is 0.533. The highest BCUT2D eigenvalue weighted by molar-refractivity contribution is 5.97. The molecule has 0 saturated carbocycles. The molecule has 116 valence electrons. The Morgan fingerprint density at radius 2 is 2.14 bits per heavy atom. The number of rotatable bonds is 4. The molecule has 1 N–H and O–H groups in total. The standard InChI is InChI=1S/C15H19F2NO3/c1-10(19)11-5-4-8-18(9-11)14(20)12-6-2-3-7-13(12)21-15(16)17/h2-3,6-7,10-11,15,19H,4-5,8-9H2,1H3. The van der Waals surface area contributed by atoms with Crippen LogP contribution in [0.1, 0.15) is 30.1 Å². The van der Waals surface area contributed by atoms with E-state index in [1.807, 2.05) is 0 Å². The van der Waals surface area contributed by atoms with Crippen LogP contribution in [0, 0.1) is 5.92 Å². The summed E-state index contributed by atoms with van der Waals surface area (Å²) >= 11 is 0. The second-order valence-corrected chi connectivity index (χ2v) is 5.27. The molecule has 2 atom stereocenters. The van der Waals surface area contributed by atoms with E-state index in [4.69, 9.17) is 0 Å². The zero-order valence-electron chi connectivity index (χ0n) is 11.8. The molecule has 0 bridgehead atoms. The van der Waals surface area contributed by atoms with E-state index >= 15 is 0 Å². The number of hydrogen-bond donors (Lipinski definition) is 1. The molecule has 1 fully saturated rings. The van der Waals surface area contributed by atoms with Crippen molar-refractivity contribution in [2.45, 2.75) is 32.5 Å². The summed E-state index contributed by atoms with van der Waals surface area (Å²) in [6.45, 7) is -0.276. The van der Waals surface area contributed by atoms with Gasteiger partial charge in [-0.25, -0.2) is 0 Å². The molecule has 0 aliphatic carbocycles. The average molecular weight is 299 g/mol. The maximum atomic E-state index is 12.5. The molecule has 6 heteroatoms. The number of piperidine rings is 1. The van der Waals surface area contributed by atoms with Crippen LogP contribution in [0.4, 0.5) is 8.78 Å². The molecular weight excluding hydrogens is 280 g/mol. The number of ether oxygens (including phenoxy) is 1. The van der Waals surface area contributed by atoms with Crippen LogP contribution in [0.3, 0.4) is 0 Å². The summed E-state index contributed by atoms with van der Waals surface area (Å²) in [6.07, 6.45) is 1.16. The number of carbonyl (C=O) groups excluding carboxylic acids is 1. The van der Waals surface area contributed by atoms with Crippen molar-refractivity contribution in [1.82, 2.24) is 4.90 Å². The lowest BCUT2D eigenvalue weighted by Crippen LogP contribution is -2.43. The Morgan fingerprint density at radius 1 is 1.43 bits per heavy atom. The van der Waals surface area contributed by atoms with Crippen LogP contribution in [0.15, 0.2) is 24.3 Å². The van der Waals surface area contributed by atoms with E-state index < -0.39 is 12.7 Å². The smallest absolute Gasteiger partial charge is 0.387 e. The Bertz CT molecular complexity index is 494. The zero-order chi connectivity index (χ0) is 15.4. The van der Waals surface area contributed by atoms with E-state index in [1.165, 1.54) is 12.1 Å². The molecule has 1 heterocycles. The molecule has 0 spiro atoms. The molecule has 1 aromatic rings. The zero-order valence-corrected chi connectivity index (χ0v) is 11.8. The molecule has 1 aromatic carbocycles. The summed E-state index contributed by atoms with van der Waals surface area (Å²) in [5.74, 6) is -0.431. The number of benzene rings is 1. The van der Waals surface area contributed by atoms with Gasteiger partial charge in [0, 0.05) is 19.0 Å². The first-order valence-corrected chi connectivity index (χ1v) is 7.00. The Balaban J connectivity index is 2.16. The van der Waals surface area contributed by atoms with Crippen LogP contribution < -0.4 is 4.74 Å². The summed E-state index contributed by atoms with van der Waals surface area (Å²) in [5, 5.41) is 9.66. The number of hydrogen-bond acceptors (Lipinski definition) is 3. The number of likely N-dealkylation sites (tertiary alicyclic amines) is 1. The number of aliphatic hydroxyl groups is 1. The summed E-state index contributed by atoms with van der Waals surface area (Å²) in [4.78, 5) is 14.1. The molecular formula is C15H19F2NO3. The minimum absolute atomic E-state index is 0.0193. The molecule has 1 saturated heterocycles. The van der Waals surface area contributed by atoms with Gasteiger partial charge in [0.25, 0.3) is 5.91 Å². The maximum Gasteiger partial charge on any atom is 0.387 e. The molecule has 21 heavy (non-hydrogen) atoms. The fourth-order valence-corrected chi connectivity index (χ4v) is 2.60. The van der Waals surface area contributed by atoms with Crippen LogP contribution in [-0.2, 0) is 0 Å². The van der Waals surface area contributed by atoms with E-state index in [2.05, 4.69) is 4.74 Å². The van der Waals surface area contributed by atoms with Gasteiger partial charge in [0.2, 0.25) is 0 Å². The summed E-state index contributed by atoms with van der Waals surface area (Å²) in [7, 11) is 0. The van der Waals surface area contributed by atoms with Crippen molar-refractivity contribution in [3.8, 4) is 5.75 Å². The molecule has 1 aliphatic heterocycles. The van der Waals surface area contributed by atoms with Gasteiger partial charge < -0.3 is 14.7 Å². The van der Waals surface area contributed by atoms with Gasteiger partial charge >= 0.3 is 6.61 Å². The highest BCUT2D eigenvalue weighted by atomic mass is 19.3. The van der Waals surface area contributed by atoms with E-state index in [0.29, 0.717) is 13.1 Å². The Hall–Kier alpha value is -1.69. The number of halogens is 2. The topological polar surface area (TPSA) is 49.8 Å². The number of amides is 1. The first kappa shape index (κ1) is 15.7. The number of carbonyl (C=O) groups is 1. The number of nitrogens with zero attached hydrogens (tertiary/aromatic N) is 1. The normalized spacial score (nSPS) is 20.4. The van der Waals surface area contributed by atoms with Crippen LogP contribution in [0.2, 0.25) is 0 Å². The predicted octanol–water partition coefficient (Wildman–Crippen LogP) is 2.52. The lowest BCUT2D eigenvalue weighted by Gasteiger charge is -2.34. The molecule has 2 rings (SSSR count). The Morgan fingerprint density at radius 3 is 2.81 bits per heavy atom. The molecule has 0 aromatic heterocycles. The average Bonchev–Trinajstić information content (AvgIpc) is 2.46. The van der Waals surface area contributed by atoms with Crippen molar-refractivity contribution in [2.75, 3.05) is 13.1 Å². The van der Waals surface area contributed by atoms with Crippen LogP contribution >= 0.6 is 0 Å². The quantitative estimate of drug-likeness (QED) is 0.929. The van der Waals surface area contributed by atoms with E-state index in [-0.39, 0.29) is 23.1 Å². The lowest BCUT2D eigenvalue weighted by molar-refractivity contribution is -0.0503.